The third kappa shape index (κ3) is 2.50. The Kier molecular flexibility index (Phi) is 4.23. The Labute approximate surface area is 151 Å². The molecule has 1 unspecified atom stereocenters. The number of aliphatic hydroxyl groups is 2. The molecule has 0 spiro atoms. The molecule has 0 aromatic rings. The number of carbonyl (C=O) groups excluding carboxylic acids is 1. The minimum absolute atomic E-state index is 0.109. The molecule has 4 heteroatoms. The molecule has 4 nitrogen and oxygen atoms in total. The van der Waals surface area contributed by atoms with Gasteiger partial charge in [-0.25, -0.2) is 0 Å². The van der Waals surface area contributed by atoms with E-state index < -0.39 is 6.10 Å². The number of rotatable bonds is 1. The second-order valence-corrected chi connectivity index (χ2v) is 9.88. The minimum atomic E-state index is -0.522. The molecule has 0 amide bonds. The van der Waals surface area contributed by atoms with Crippen LogP contribution in [0.2, 0.25) is 0 Å². The van der Waals surface area contributed by atoms with Gasteiger partial charge in [-0.15, -0.1) is 0 Å². The summed E-state index contributed by atoms with van der Waals surface area (Å²) in [5.74, 6) is 1.93. The molecule has 4 fully saturated rings. The van der Waals surface area contributed by atoms with Gasteiger partial charge in [0.1, 0.15) is 6.10 Å². The molecule has 4 saturated carbocycles. The van der Waals surface area contributed by atoms with Crippen LogP contribution in [0.25, 0.3) is 0 Å². The fourth-order valence-corrected chi connectivity index (χ4v) is 7.61. The molecule has 4 rings (SSSR count). The summed E-state index contributed by atoms with van der Waals surface area (Å²) in [6, 6.07) is 0. The van der Waals surface area contributed by atoms with Crippen molar-refractivity contribution in [3.63, 3.8) is 0 Å². The lowest BCUT2D eigenvalue weighted by Gasteiger charge is -2.61. The summed E-state index contributed by atoms with van der Waals surface area (Å²) >= 11 is 0. The van der Waals surface area contributed by atoms with Crippen molar-refractivity contribution >= 4 is 5.97 Å². The zero-order valence-electron chi connectivity index (χ0n) is 15.9. The highest BCUT2D eigenvalue weighted by Crippen LogP contribution is 2.66. The van der Waals surface area contributed by atoms with Crippen molar-refractivity contribution in [1.29, 1.82) is 0 Å². The summed E-state index contributed by atoms with van der Waals surface area (Å²) in [6.07, 6.45) is 7.44. The third-order valence-corrected chi connectivity index (χ3v) is 8.97. The summed E-state index contributed by atoms with van der Waals surface area (Å²) in [5.41, 5.74) is 0.256. The van der Waals surface area contributed by atoms with Crippen LogP contribution in [0.4, 0.5) is 0 Å². The molecule has 0 radical (unpaired) electrons. The van der Waals surface area contributed by atoms with Crippen molar-refractivity contribution in [2.24, 2.45) is 34.5 Å². The fourth-order valence-electron chi connectivity index (χ4n) is 7.61. The van der Waals surface area contributed by atoms with Crippen LogP contribution in [0.3, 0.4) is 0 Å². The largest absolute Gasteiger partial charge is 0.460 e. The molecule has 0 bridgehead atoms. The highest BCUT2D eigenvalue weighted by molar-refractivity contribution is 5.66. The Morgan fingerprint density at radius 3 is 2.24 bits per heavy atom. The smallest absolute Gasteiger partial charge is 0.302 e. The van der Waals surface area contributed by atoms with Crippen molar-refractivity contribution in [2.45, 2.75) is 90.4 Å². The van der Waals surface area contributed by atoms with E-state index in [1.54, 1.807) is 0 Å². The van der Waals surface area contributed by atoms with E-state index in [1.165, 1.54) is 13.3 Å². The molecule has 0 heterocycles. The van der Waals surface area contributed by atoms with Gasteiger partial charge in [0, 0.05) is 6.92 Å². The van der Waals surface area contributed by atoms with E-state index in [-0.39, 0.29) is 34.9 Å². The molecule has 25 heavy (non-hydrogen) atoms. The number of carbonyl (C=O) groups is 1. The van der Waals surface area contributed by atoms with Crippen LogP contribution in [0.5, 0.6) is 0 Å². The van der Waals surface area contributed by atoms with Crippen LogP contribution in [0.15, 0.2) is 0 Å². The number of fused-ring (bicyclic) bond motifs is 5. The molecule has 0 aromatic carbocycles. The molecular formula is C21H34O4. The van der Waals surface area contributed by atoms with Gasteiger partial charge in [0.15, 0.2) is 0 Å². The Bertz CT molecular complexity index is 548. The van der Waals surface area contributed by atoms with E-state index in [2.05, 4.69) is 13.8 Å². The predicted octanol–water partition coefficient (Wildman–Crippen LogP) is 3.29. The second kappa shape index (κ2) is 5.95. The number of hydrogen-bond donors (Lipinski definition) is 2. The quantitative estimate of drug-likeness (QED) is 0.712. The lowest BCUT2D eigenvalue weighted by molar-refractivity contribution is -0.192. The lowest BCUT2D eigenvalue weighted by Crippen LogP contribution is -2.59. The number of esters is 1. The number of hydrogen-bond acceptors (Lipinski definition) is 4. The lowest BCUT2D eigenvalue weighted by atomic mass is 9.44. The standard InChI is InChI=1S/C21H34O4/c1-12(22)25-17-9-11-20(2)15-8-10-21(3)14(6-7-18(21)23)13(15)4-5-16(20)19(17)24/h13-19,23-24H,4-11H2,1-3H3/t13-,14-,15-,16?,17-,18-,19-,20+,21-/m0/s1. The highest BCUT2D eigenvalue weighted by Gasteiger charge is 2.61. The second-order valence-electron chi connectivity index (χ2n) is 9.88. The first-order chi connectivity index (χ1) is 11.8. The topological polar surface area (TPSA) is 66.8 Å². The normalized spacial score (nSPS) is 55.0. The highest BCUT2D eigenvalue weighted by atomic mass is 16.6. The van der Waals surface area contributed by atoms with Gasteiger partial charge in [0.2, 0.25) is 0 Å². The summed E-state index contributed by atoms with van der Waals surface area (Å²) in [4.78, 5) is 11.4. The van der Waals surface area contributed by atoms with Gasteiger partial charge < -0.3 is 14.9 Å². The van der Waals surface area contributed by atoms with E-state index in [0.717, 1.165) is 44.9 Å². The molecular weight excluding hydrogens is 316 g/mol. The average Bonchev–Trinajstić information content (AvgIpc) is 2.86. The van der Waals surface area contributed by atoms with Crippen LogP contribution in [-0.2, 0) is 9.53 Å². The van der Waals surface area contributed by atoms with Crippen LogP contribution >= 0.6 is 0 Å². The minimum Gasteiger partial charge on any atom is -0.460 e. The number of ether oxygens (including phenoxy) is 1. The van der Waals surface area contributed by atoms with Gasteiger partial charge in [-0.2, -0.15) is 0 Å². The summed E-state index contributed by atoms with van der Waals surface area (Å²) < 4.78 is 5.41. The average molecular weight is 350 g/mol. The van der Waals surface area contributed by atoms with E-state index in [1.807, 2.05) is 0 Å². The maximum Gasteiger partial charge on any atom is 0.302 e. The number of aliphatic hydroxyl groups excluding tert-OH is 2. The van der Waals surface area contributed by atoms with Crippen molar-refractivity contribution in [3.8, 4) is 0 Å². The zero-order chi connectivity index (χ0) is 18.0. The van der Waals surface area contributed by atoms with Crippen molar-refractivity contribution in [3.05, 3.63) is 0 Å². The maximum absolute atomic E-state index is 11.4. The first-order valence-electron chi connectivity index (χ1n) is 10.3. The molecule has 0 aliphatic heterocycles. The molecule has 9 atom stereocenters. The Hall–Kier alpha value is -0.610. The summed E-state index contributed by atoms with van der Waals surface area (Å²) in [5, 5.41) is 21.5. The van der Waals surface area contributed by atoms with Gasteiger partial charge >= 0.3 is 5.97 Å². The van der Waals surface area contributed by atoms with E-state index in [0.29, 0.717) is 17.8 Å². The monoisotopic (exact) mass is 350 g/mol. The molecule has 142 valence electrons. The zero-order valence-corrected chi connectivity index (χ0v) is 15.9. The molecule has 0 aromatic heterocycles. The van der Waals surface area contributed by atoms with Gasteiger partial charge in [0.25, 0.3) is 0 Å². The third-order valence-electron chi connectivity index (χ3n) is 8.97. The van der Waals surface area contributed by atoms with Gasteiger partial charge in [-0.3, -0.25) is 4.79 Å². The maximum atomic E-state index is 11.4. The fraction of sp³-hybridized carbons (Fsp3) is 0.952. The van der Waals surface area contributed by atoms with Crippen molar-refractivity contribution in [2.75, 3.05) is 0 Å². The first kappa shape index (κ1) is 17.8. The van der Waals surface area contributed by atoms with Crippen molar-refractivity contribution < 1.29 is 19.7 Å². The van der Waals surface area contributed by atoms with Crippen LogP contribution in [0, 0.1) is 34.5 Å². The predicted molar refractivity (Wildman–Crippen MR) is 94.7 cm³/mol. The first-order valence-corrected chi connectivity index (χ1v) is 10.3. The van der Waals surface area contributed by atoms with Crippen LogP contribution in [0.1, 0.15) is 72.1 Å². The van der Waals surface area contributed by atoms with Crippen LogP contribution < -0.4 is 0 Å². The van der Waals surface area contributed by atoms with Gasteiger partial charge in [0.05, 0.1) is 12.2 Å². The van der Waals surface area contributed by atoms with E-state index in [9.17, 15) is 15.0 Å². The Balaban J connectivity index is 1.57. The Morgan fingerprint density at radius 1 is 0.880 bits per heavy atom. The van der Waals surface area contributed by atoms with Gasteiger partial charge in [-0.1, -0.05) is 13.8 Å². The SMILES string of the molecule is CC(=O)O[C@H]1CC[C@@]2(C)C(CC[C@H]3[C@@H]4CC[C@H](O)[C@@]4(C)CC[C@@H]32)[C@@H]1O. The molecule has 4 aliphatic rings. The molecule has 4 aliphatic carbocycles. The Morgan fingerprint density at radius 2 is 1.52 bits per heavy atom. The summed E-state index contributed by atoms with van der Waals surface area (Å²) in [6.45, 7) is 6.13. The van der Waals surface area contributed by atoms with E-state index >= 15 is 0 Å². The van der Waals surface area contributed by atoms with E-state index in [4.69, 9.17) is 4.74 Å². The van der Waals surface area contributed by atoms with Gasteiger partial charge in [-0.05, 0) is 85.9 Å². The summed E-state index contributed by atoms with van der Waals surface area (Å²) in [7, 11) is 0. The molecule has 2 N–H and O–H groups in total. The van der Waals surface area contributed by atoms with Crippen LogP contribution in [-0.4, -0.2) is 34.5 Å². The molecule has 0 saturated heterocycles. The van der Waals surface area contributed by atoms with Crippen molar-refractivity contribution in [1.82, 2.24) is 0 Å².